The van der Waals surface area contributed by atoms with Gasteiger partial charge in [0.15, 0.2) is 23.0 Å². The number of benzene rings is 1. The third-order valence-corrected chi connectivity index (χ3v) is 7.64. The maximum Gasteiger partial charge on any atom is 0.459 e. The maximum atomic E-state index is 13.9. The first-order chi connectivity index (χ1) is 19.4. The van der Waals surface area contributed by atoms with Crippen LogP contribution in [0.5, 0.6) is 11.6 Å². The van der Waals surface area contributed by atoms with Gasteiger partial charge in [0.25, 0.3) is 0 Å². The van der Waals surface area contributed by atoms with Gasteiger partial charge in [0.2, 0.25) is 11.8 Å². The molecule has 0 bridgehead atoms. The number of methoxy groups -OCH3 is 1. The molecule has 0 saturated carbocycles. The number of nitrogens with zero attached hydrogens (tertiary/aromatic N) is 4. The van der Waals surface area contributed by atoms with E-state index >= 15 is 0 Å². The summed E-state index contributed by atoms with van der Waals surface area (Å²) in [5, 5.41) is 24.5. The van der Waals surface area contributed by atoms with Gasteiger partial charge in [0, 0.05) is 0 Å². The minimum absolute atomic E-state index is 0.0843. The van der Waals surface area contributed by atoms with Crippen molar-refractivity contribution in [1.29, 1.82) is 0 Å². The largest absolute Gasteiger partial charge is 0.479 e. The van der Waals surface area contributed by atoms with E-state index in [9.17, 15) is 19.6 Å². The molecule has 4 rings (SSSR count). The number of fused-ring (bicyclic) bond motifs is 1. The molecule has 220 valence electrons. The van der Waals surface area contributed by atoms with Gasteiger partial charge >= 0.3 is 13.7 Å². The number of terminal acetylenes is 1. The highest BCUT2D eigenvalue weighted by Gasteiger charge is 2.56. The zero-order chi connectivity index (χ0) is 29.9. The Morgan fingerprint density at radius 3 is 2.63 bits per heavy atom. The third kappa shape index (κ3) is 6.28. The quantitative estimate of drug-likeness (QED) is 0.141. The van der Waals surface area contributed by atoms with Crippen LogP contribution in [0.25, 0.3) is 11.2 Å². The van der Waals surface area contributed by atoms with Gasteiger partial charge in [-0.2, -0.15) is 15.1 Å². The van der Waals surface area contributed by atoms with Crippen LogP contribution in [0.15, 0.2) is 36.7 Å². The Balaban J connectivity index is 1.61. The molecule has 1 unspecified atom stereocenters. The zero-order valence-electron chi connectivity index (χ0n) is 22.7. The molecule has 0 spiro atoms. The van der Waals surface area contributed by atoms with E-state index in [4.69, 9.17) is 35.4 Å². The lowest BCUT2D eigenvalue weighted by atomic mass is 9.97. The molecule has 0 radical (unpaired) electrons. The summed E-state index contributed by atoms with van der Waals surface area (Å²) in [5.41, 5.74) is 4.11. The van der Waals surface area contributed by atoms with E-state index in [1.54, 1.807) is 32.0 Å². The fourth-order valence-electron chi connectivity index (χ4n) is 4.04. The number of esters is 1. The van der Waals surface area contributed by atoms with Crippen LogP contribution in [-0.4, -0.2) is 79.4 Å². The van der Waals surface area contributed by atoms with Crippen molar-refractivity contribution < 1.29 is 42.8 Å². The van der Waals surface area contributed by atoms with Crippen LogP contribution in [0.3, 0.4) is 0 Å². The van der Waals surface area contributed by atoms with E-state index in [1.807, 2.05) is 0 Å². The van der Waals surface area contributed by atoms with Gasteiger partial charge in [-0.3, -0.25) is 13.9 Å². The predicted molar refractivity (Wildman–Crippen MR) is 144 cm³/mol. The molecular weight excluding hydrogens is 559 g/mol. The fourth-order valence-corrected chi connectivity index (χ4v) is 5.56. The molecule has 41 heavy (non-hydrogen) atoms. The Morgan fingerprint density at radius 1 is 1.29 bits per heavy atom. The fraction of sp³-hybridized carbons (Fsp3) is 0.440. The molecule has 1 fully saturated rings. The average Bonchev–Trinajstić information content (AvgIpc) is 3.46. The highest BCUT2D eigenvalue weighted by Crippen LogP contribution is 2.48. The number of imidazole rings is 1. The number of hydrogen-bond acceptors (Lipinski definition) is 13. The second-order valence-electron chi connectivity index (χ2n) is 9.40. The number of para-hydroxylation sites is 1. The summed E-state index contributed by atoms with van der Waals surface area (Å²) in [5.74, 6) is 1.70. The highest BCUT2D eigenvalue weighted by atomic mass is 31.2. The van der Waals surface area contributed by atoms with Crippen LogP contribution < -0.4 is 20.1 Å². The van der Waals surface area contributed by atoms with Crippen LogP contribution in [0.2, 0.25) is 0 Å². The molecule has 1 saturated heterocycles. The summed E-state index contributed by atoms with van der Waals surface area (Å²) in [6, 6.07) is 6.94. The molecule has 2 aromatic heterocycles. The van der Waals surface area contributed by atoms with Crippen molar-refractivity contribution in [2.45, 2.75) is 57.0 Å². The van der Waals surface area contributed by atoms with Crippen LogP contribution in [-0.2, 0) is 23.4 Å². The Hall–Kier alpha value is -3.77. The molecule has 5 N–H and O–H groups in total. The summed E-state index contributed by atoms with van der Waals surface area (Å²) >= 11 is 0. The summed E-state index contributed by atoms with van der Waals surface area (Å²) < 4.78 is 42.8. The van der Waals surface area contributed by atoms with E-state index in [0.29, 0.717) is 0 Å². The highest BCUT2D eigenvalue weighted by molar-refractivity contribution is 7.52. The van der Waals surface area contributed by atoms with Gasteiger partial charge in [0.05, 0.1) is 19.5 Å². The number of nitrogens with one attached hydrogen (secondary N) is 1. The van der Waals surface area contributed by atoms with Gasteiger partial charge in [0.1, 0.15) is 30.6 Å². The number of nitrogens with two attached hydrogens (primary N) is 1. The molecule has 3 aromatic rings. The molecule has 3 heterocycles. The number of ether oxygens (including phenoxy) is 3. The molecule has 1 aliphatic heterocycles. The SMILES string of the molecule is C#C[C@]1(CO[P@@](=O)(N[C@@H](C)C(=O)OC(C)C)Oc2ccccc2)O[C@@H](n2cnc3c(OC)nc(N)nc32)[C@@H](O)C1O. The van der Waals surface area contributed by atoms with Gasteiger partial charge in [-0.05, 0) is 32.9 Å². The first-order valence-electron chi connectivity index (χ1n) is 12.4. The van der Waals surface area contributed by atoms with Crippen molar-refractivity contribution in [3.05, 3.63) is 36.7 Å². The molecule has 0 amide bonds. The normalized spacial score (nSPS) is 24.5. The van der Waals surface area contributed by atoms with Gasteiger partial charge in [-0.1, -0.05) is 24.1 Å². The van der Waals surface area contributed by atoms with Crippen LogP contribution >= 0.6 is 7.75 Å². The number of aliphatic hydroxyl groups is 2. The van der Waals surface area contributed by atoms with Gasteiger partial charge < -0.3 is 34.7 Å². The Kier molecular flexibility index (Phi) is 8.83. The van der Waals surface area contributed by atoms with Crippen molar-refractivity contribution in [3.8, 4) is 24.0 Å². The van der Waals surface area contributed by atoms with Crippen molar-refractivity contribution in [2.24, 2.45) is 0 Å². The lowest BCUT2D eigenvalue weighted by Gasteiger charge is -2.29. The average molecular weight is 591 g/mol. The van der Waals surface area contributed by atoms with Crippen LogP contribution in [0.1, 0.15) is 27.0 Å². The van der Waals surface area contributed by atoms with E-state index in [-0.39, 0.29) is 28.7 Å². The number of carbonyl (C=O) groups is 1. The van der Waals surface area contributed by atoms with Crippen molar-refractivity contribution in [1.82, 2.24) is 24.6 Å². The number of carbonyl (C=O) groups excluding carboxylic acids is 1. The molecule has 1 aromatic carbocycles. The summed E-state index contributed by atoms with van der Waals surface area (Å²) in [6.45, 7) is 4.02. The maximum absolute atomic E-state index is 13.9. The number of nitrogen functional groups attached to an aromatic ring is 1. The molecule has 1 aliphatic rings. The van der Waals surface area contributed by atoms with Crippen molar-refractivity contribution >= 4 is 30.8 Å². The van der Waals surface area contributed by atoms with Gasteiger partial charge in [-0.25, -0.2) is 9.55 Å². The molecule has 16 heteroatoms. The van der Waals surface area contributed by atoms with E-state index in [2.05, 4.69) is 26.0 Å². The zero-order valence-corrected chi connectivity index (χ0v) is 23.6. The minimum Gasteiger partial charge on any atom is -0.479 e. The second kappa shape index (κ2) is 12.0. The first kappa shape index (κ1) is 30.2. The van der Waals surface area contributed by atoms with Crippen LogP contribution in [0.4, 0.5) is 5.95 Å². The number of rotatable bonds is 11. The van der Waals surface area contributed by atoms with Crippen molar-refractivity contribution in [3.63, 3.8) is 0 Å². The van der Waals surface area contributed by atoms with Gasteiger partial charge in [-0.15, -0.1) is 6.42 Å². The molecule has 6 atom stereocenters. The molecule has 15 nitrogen and oxygen atoms in total. The Morgan fingerprint density at radius 2 is 2.00 bits per heavy atom. The Bertz CT molecular complexity index is 1480. The standard InChI is InChI=1S/C25H31N6O9P/c1-6-25(12-37-41(35,40-16-10-8-7-9-11-16)30-15(4)23(34)38-14(2)3)19(33)18(32)22(39-25)31-13-27-17-20(31)28-24(26)29-21(17)36-5/h1,7-11,13-15,18-19,22,32-33H,12H2,2-5H3,(H,30,35)(H2,26,28,29)/t15-,18-,19?,22+,25+,41-/m0/s1. The number of aliphatic hydroxyl groups excluding tert-OH is 2. The second-order valence-corrected chi connectivity index (χ2v) is 11.1. The lowest BCUT2D eigenvalue weighted by molar-refractivity contribution is -0.149. The summed E-state index contributed by atoms with van der Waals surface area (Å²) in [6.07, 6.45) is 1.95. The lowest BCUT2D eigenvalue weighted by Crippen LogP contribution is -2.46. The minimum atomic E-state index is -4.38. The Labute approximate surface area is 235 Å². The topological polar surface area (TPSA) is 202 Å². The monoisotopic (exact) mass is 590 g/mol. The predicted octanol–water partition coefficient (Wildman–Crippen LogP) is 1.17. The van der Waals surface area contributed by atoms with Crippen LogP contribution in [0, 0.1) is 12.3 Å². The van der Waals surface area contributed by atoms with E-state index < -0.39 is 56.5 Å². The van der Waals surface area contributed by atoms with Crippen molar-refractivity contribution in [2.75, 3.05) is 19.5 Å². The first-order valence-corrected chi connectivity index (χ1v) is 14.0. The molecule has 0 aliphatic carbocycles. The molecular formula is C25H31N6O9P. The smallest absolute Gasteiger partial charge is 0.459 e. The van der Waals surface area contributed by atoms with E-state index in [1.165, 1.54) is 37.1 Å². The summed E-state index contributed by atoms with van der Waals surface area (Å²) in [7, 11) is -3.00. The third-order valence-electron chi connectivity index (χ3n) is 6.02. The number of anilines is 1. The number of aromatic nitrogens is 4. The van der Waals surface area contributed by atoms with E-state index in [0.717, 1.165) is 0 Å². The number of hydrogen-bond donors (Lipinski definition) is 4. The summed E-state index contributed by atoms with van der Waals surface area (Å²) in [4.78, 5) is 24.7.